The third-order valence-electron chi connectivity index (χ3n) is 9.61. The Bertz CT molecular complexity index is 1910. The molecule has 1 aliphatic carbocycles. The van der Waals surface area contributed by atoms with E-state index in [0.29, 0.717) is 10.6 Å². The van der Waals surface area contributed by atoms with Gasteiger partial charge in [0.25, 0.3) is 0 Å². The van der Waals surface area contributed by atoms with E-state index in [1.165, 1.54) is 42.7 Å². The quantitative estimate of drug-likeness (QED) is 0.146. The van der Waals surface area contributed by atoms with E-state index >= 15 is 0 Å². The van der Waals surface area contributed by atoms with Gasteiger partial charge in [0.2, 0.25) is 15.9 Å². The van der Waals surface area contributed by atoms with Crippen molar-refractivity contribution in [3.63, 3.8) is 0 Å². The summed E-state index contributed by atoms with van der Waals surface area (Å²) < 4.78 is 30.6. The van der Waals surface area contributed by atoms with Gasteiger partial charge in [-0.1, -0.05) is 66.6 Å². The Hall–Kier alpha value is -4.22. The van der Waals surface area contributed by atoms with Gasteiger partial charge in [-0.2, -0.15) is 4.31 Å². The van der Waals surface area contributed by atoms with Crippen LogP contribution in [0.1, 0.15) is 53.1 Å². The number of hydrogen-bond acceptors (Lipinski definition) is 6. The predicted molar refractivity (Wildman–Crippen MR) is 192 cm³/mol. The highest BCUT2D eigenvalue weighted by Crippen LogP contribution is 2.58. The molecule has 1 aliphatic heterocycles. The third-order valence-corrected chi connectivity index (χ3v) is 11.8. The van der Waals surface area contributed by atoms with Crippen LogP contribution >= 0.6 is 11.6 Å². The Morgan fingerprint density at radius 2 is 1.59 bits per heavy atom. The van der Waals surface area contributed by atoms with Gasteiger partial charge in [0.15, 0.2) is 0 Å². The Morgan fingerprint density at radius 1 is 0.918 bits per heavy atom. The number of piperidine rings is 1. The minimum absolute atomic E-state index is 0.0293. The number of nitrogens with zero attached hydrogens (tertiary/aromatic N) is 2. The van der Waals surface area contributed by atoms with E-state index in [0.717, 1.165) is 48.6 Å². The first kappa shape index (κ1) is 34.6. The first-order chi connectivity index (χ1) is 23.6. The minimum atomic E-state index is -4.28. The van der Waals surface area contributed by atoms with Crippen LogP contribution in [0, 0.1) is 0 Å². The summed E-state index contributed by atoms with van der Waals surface area (Å²) in [5.74, 6) is -1.97. The molecule has 2 aliphatic rings. The lowest BCUT2D eigenvalue weighted by atomic mass is 10.0. The molecule has 0 radical (unpaired) electrons. The average molecular weight is 701 g/mol. The second-order valence-corrected chi connectivity index (χ2v) is 15.1. The molecule has 1 heterocycles. The number of nitrogens with one attached hydrogen (secondary N) is 2. The zero-order valence-corrected chi connectivity index (χ0v) is 29.0. The van der Waals surface area contributed by atoms with E-state index in [1.807, 2.05) is 36.4 Å². The largest absolute Gasteiger partial charge is 0.478 e. The van der Waals surface area contributed by atoms with Gasteiger partial charge < -0.3 is 20.6 Å². The van der Waals surface area contributed by atoms with E-state index in [4.69, 9.17) is 11.6 Å². The van der Waals surface area contributed by atoms with Gasteiger partial charge in [-0.3, -0.25) is 4.79 Å². The lowest BCUT2D eigenvalue weighted by Gasteiger charge is -2.31. The van der Waals surface area contributed by atoms with Crippen LogP contribution in [0.15, 0.2) is 102 Å². The number of benzene rings is 4. The Morgan fingerprint density at radius 3 is 2.27 bits per heavy atom. The average Bonchev–Trinajstić information content (AvgIpc) is 3.88. The summed E-state index contributed by atoms with van der Waals surface area (Å²) in [5, 5.41) is 16.5. The molecule has 0 bridgehead atoms. The number of hydrogen-bond donors (Lipinski definition) is 3. The molecule has 256 valence electrons. The number of carboxylic acids is 1. The van der Waals surface area contributed by atoms with Gasteiger partial charge in [-0.25, -0.2) is 13.2 Å². The second kappa shape index (κ2) is 14.7. The van der Waals surface area contributed by atoms with Crippen LogP contribution in [0.2, 0.25) is 5.02 Å². The topological polar surface area (TPSA) is 119 Å². The van der Waals surface area contributed by atoms with Crippen LogP contribution < -0.4 is 10.6 Å². The SMILES string of the molecule is CNC(=O)C1(N(Cc2cccc(C(=O)O)c2)S(=O)(=O)c2ccc(-c3ccc(Cl)cc3)cc2)CC1c1cccc(NCCN2CCCCC2)c1. The molecule has 1 amide bonds. The Labute approximate surface area is 293 Å². The van der Waals surface area contributed by atoms with E-state index in [1.54, 1.807) is 48.5 Å². The van der Waals surface area contributed by atoms with Crippen LogP contribution in [0.4, 0.5) is 5.69 Å². The number of carboxylic acid groups (broad SMARTS) is 1. The molecule has 2 fully saturated rings. The van der Waals surface area contributed by atoms with Crippen molar-refractivity contribution in [3.05, 3.63) is 119 Å². The van der Waals surface area contributed by atoms with Gasteiger partial charge in [0, 0.05) is 43.3 Å². The van der Waals surface area contributed by atoms with E-state index < -0.39 is 33.4 Å². The molecule has 0 spiro atoms. The first-order valence-corrected chi connectivity index (χ1v) is 18.4. The van der Waals surface area contributed by atoms with Gasteiger partial charge in [-0.05, 0) is 103 Å². The van der Waals surface area contributed by atoms with E-state index in [2.05, 4.69) is 15.5 Å². The van der Waals surface area contributed by atoms with Crippen molar-refractivity contribution in [2.24, 2.45) is 0 Å². The summed E-state index contributed by atoms with van der Waals surface area (Å²) in [7, 11) is -2.77. The van der Waals surface area contributed by atoms with Crippen LogP contribution in [-0.4, -0.2) is 73.4 Å². The Kier molecular flexibility index (Phi) is 10.4. The fraction of sp³-hybridized carbons (Fsp3) is 0.316. The van der Waals surface area contributed by atoms with Gasteiger partial charge in [0.05, 0.1) is 10.5 Å². The third kappa shape index (κ3) is 7.52. The number of carbonyl (C=O) groups excluding carboxylic acids is 1. The maximum absolute atomic E-state index is 14.7. The number of rotatable bonds is 13. The van der Waals surface area contributed by atoms with Gasteiger partial charge in [0.1, 0.15) is 5.54 Å². The molecule has 4 aromatic rings. The minimum Gasteiger partial charge on any atom is -0.478 e. The van der Waals surface area contributed by atoms with Gasteiger partial charge in [-0.15, -0.1) is 0 Å². The summed E-state index contributed by atoms with van der Waals surface area (Å²) in [6.07, 6.45) is 4.01. The number of sulfonamides is 1. The molecule has 3 N–H and O–H groups in total. The molecule has 0 aromatic heterocycles. The zero-order chi connectivity index (χ0) is 34.6. The number of carbonyl (C=O) groups is 2. The number of likely N-dealkylation sites (N-methyl/N-ethyl adjacent to an activating group) is 1. The monoisotopic (exact) mass is 700 g/mol. The smallest absolute Gasteiger partial charge is 0.335 e. The number of anilines is 1. The molecule has 2 atom stereocenters. The summed E-state index contributed by atoms with van der Waals surface area (Å²) in [4.78, 5) is 28.2. The van der Waals surface area contributed by atoms with Crippen molar-refractivity contribution in [2.75, 3.05) is 38.5 Å². The van der Waals surface area contributed by atoms with E-state index in [-0.39, 0.29) is 23.4 Å². The molecule has 49 heavy (non-hydrogen) atoms. The molecule has 1 saturated heterocycles. The fourth-order valence-electron chi connectivity index (χ4n) is 6.91. The number of likely N-dealkylation sites (tertiary alicyclic amines) is 1. The molecule has 2 unspecified atom stereocenters. The Balaban J connectivity index is 1.34. The molecular formula is C38H41ClN4O5S. The highest BCUT2D eigenvalue weighted by Gasteiger charge is 2.67. The van der Waals surface area contributed by atoms with Crippen molar-refractivity contribution in [1.82, 2.24) is 14.5 Å². The van der Waals surface area contributed by atoms with Crippen LogP contribution in [0.5, 0.6) is 0 Å². The van der Waals surface area contributed by atoms with Crippen molar-refractivity contribution in [3.8, 4) is 11.1 Å². The summed E-state index contributed by atoms with van der Waals surface area (Å²) in [5.41, 5.74) is 2.51. The maximum atomic E-state index is 14.7. The van der Waals surface area contributed by atoms with Crippen LogP contribution in [0.3, 0.4) is 0 Å². The normalized spacial score (nSPS) is 19.4. The van der Waals surface area contributed by atoms with Crippen molar-refractivity contribution >= 4 is 39.2 Å². The zero-order valence-electron chi connectivity index (χ0n) is 27.4. The standard InChI is InChI=1S/C38H41ClN4O5S/c1-40-37(46)38(25-35(38)30-8-6-10-33(24-30)41-19-22-42-20-3-2-4-21-42)43(26-27-7-5-9-31(23-27)36(44)45)49(47,48)34-17-13-29(14-18-34)28-11-15-32(39)16-12-28/h5-18,23-24,35,41H,2-4,19-22,25-26H2,1H3,(H,40,46)(H,44,45). The van der Waals surface area contributed by atoms with Crippen LogP contribution in [0.25, 0.3) is 11.1 Å². The van der Waals surface area contributed by atoms with E-state index in [9.17, 15) is 23.1 Å². The number of halogens is 1. The first-order valence-electron chi connectivity index (χ1n) is 16.6. The maximum Gasteiger partial charge on any atom is 0.335 e. The molecule has 11 heteroatoms. The predicted octanol–water partition coefficient (Wildman–Crippen LogP) is 6.47. The fourth-order valence-corrected chi connectivity index (χ4v) is 8.80. The number of aromatic carboxylic acids is 1. The molecule has 6 rings (SSSR count). The summed E-state index contributed by atoms with van der Waals surface area (Å²) >= 11 is 6.06. The van der Waals surface area contributed by atoms with Crippen LogP contribution in [-0.2, 0) is 21.4 Å². The lowest BCUT2D eigenvalue weighted by Crippen LogP contribution is -2.51. The van der Waals surface area contributed by atoms with Gasteiger partial charge >= 0.3 is 5.97 Å². The molecule has 1 saturated carbocycles. The molecular weight excluding hydrogens is 660 g/mol. The molecule has 4 aromatic carbocycles. The summed E-state index contributed by atoms with van der Waals surface area (Å²) in [6, 6.07) is 27.8. The highest BCUT2D eigenvalue weighted by molar-refractivity contribution is 7.89. The second-order valence-electron chi connectivity index (χ2n) is 12.8. The molecule has 9 nitrogen and oxygen atoms in total. The lowest BCUT2D eigenvalue weighted by molar-refractivity contribution is -0.126. The number of amides is 1. The highest BCUT2D eigenvalue weighted by atomic mass is 35.5. The summed E-state index contributed by atoms with van der Waals surface area (Å²) in [6.45, 7) is 3.75. The van der Waals surface area contributed by atoms with Crippen molar-refractivity contribution < 1.29 is 23.1 Å². The van der Waals surface area contributed by atoms with Crippen molar-refractivity contribution in [1.29, 1.82) is 0 Å². The van der Waals surface area contributed by atoms with Crippen molar-refractivity contribution in [2.45, 2.75) is 48.6 Å².